The molecule has 0 saturated heterocycles. The molecule has 0 aliphatic rings. The minimum atomic E-state index is -0.539. The molecule has 0 aromatic carbocycles. The number of aromatic nitrogens is 2. The van der Waals surface area contributed by atoms with Gasteiger partial charge in [-0.3, -0.25) is 0 Å². The molecule has 1 heterocycles. The van der Waals surface area contributed by atoms with Crippen LogP contribution in [0.15, 0.2) is 4.52 Å². The summed E-state index contributed by atoms with van der Waals surface area (Å²) in [6.07, 6.45) is 0.609. The standard InChI is InChI=1S/C11H20N2O3S/c1-4-7-17-8-9-12-10(16-13-9)11(14-5-2)15-6-3/h11H,4-8H2,1-3H3. The fraction of sp³-hybridized carbons (Fsp3) is 0.818. The maximum atomic E-state index is 5.38. The van der Waals surface area contributed by atoms with Crippen LogP contribution >= 0.6 is 11.8 Å². The van der Waals surface area contributed by atoms with Gasteiger partial charge in [-0.05, 0) is 26.0 Å². The van der Waals surface area contributed by atoms with Crippen molar-refractivity contribution in [1.82, 2.24) is 10.1 Å². The van der Waals surface area contributed by atoms with E-state index in [-0.39, 0.29) is 0 Å². The number of nitrogens with zero attached hydrogens (tertiary/aromatic N) is 2. The summed E-state index contributed by atoms with van der Waals surface area (Å²) in [5.74, 6) is 2.97. The lowest BCUT2D eigenvalue weighted by Crippen LogP contribution is -2.09. The lowest BCUT2D eigenvalue weighted by atomic mass is 10.6. The maximum absolute atomic E-state index is 5.38. The number of hydrogen-bond acceptors (Lipinski definition) is 6. The van der Waals surface area contributed by atoms with Gasteiger partial charge in [0.15, 0.2) is 5.82 Å². The number of ether oxygens (including phenoxy) is 2. The van der Waals surface area contributed by atoms with Crippen molar-refractivity contribution in [2.45, 2.75) is 39.2 Å². The highest BCUT2D eigenvalue weighted by Gasteiger charge is 2.19. The molecular weight excluding hydrogens is 240 g/mol. The van der Waals surface area contributed by atoms with Crippen molar-refractivity contribution in [2.24, 2.45) is 0 Å². The normalized spacial score (nSPS) is 11.3. The molecular formula is C11H20N2O3S. The molecule has 0 saturated carbocycles. The summed E-state index contributed by atoms with van der Waals surface area (Å²) in [6.45, 7) is 7.05. The smallest absolute Gasteiger partial charge is 0.283 e. The van der Waals surface area contributed by atoms with E-state index in [2.05, 4.69) is 17.1 Å². The second-order valence-corrected chi connectivity index (χ2v) is 4.45. The summed E-state index contributed by atoms with van der Waals surface area (Å²) in [4.78, 5) is 4.27. The quantitative estimate of drug-likeness (QED) is 0.502. The molecule has 1 rings (SSSR count). The molecule has 0 bridgehead atoms. The summed E-state index contributed by atoms with van der Waals surface area (Å²) in [5.41, 5.74) is 0. The van der Waals surface area contributed by atoms with Crippen LogP contribution in [0.1, 0.15) is 45.2 Å². The van der Waals surface area contributed by atoms with Gasteiger partial charge in [-0.2, -0.15) is 16.7 Å². The van der Waals surface area contributed by atoms with E-state index in [0.29, 0.717) is 24.9 Å². The zero-order chi connectivity index (χ0) is 12.5. The molecule has 0 spiro atoms. The van der Waals surface area contributed by atoms with Crippen LogP contribution in [0.2, 0.25) is 0 Å². The molecule has 0 fully saturated rings. The van der Waals surface area contributed by atoms with Crippen molar-refractivity contribution in [1.29, 1.82) is 0 Å². The van der Waals surface area contributed by atoms with Crippen LogP contribution < -0.4 is 0 Å². The molecule has 5 nitrogen and oxygen atoms in total. The van der Waals surface area contributed by atoms with E-state index >= 15 is 0 Å². The van der Waals surface area contributed by atoms with Crippen LogP contribution in [-0.2, 0) is 15.2 Å². The van der Waals surface area contributed by atoms with Crippen molar-refractivity contribution < 1.29 is 14.0 Å². The molecule has 98 valence electrons. The van der Waals surface area contributed by atoms with Crippen LogP contribution in [0.5, 0.6) is 0 Å². The van der Waals surface area contributed by atoms with Gasteiger partial charge in [0.25, 0.3) is 5.89 Å². The maximum Gasteiger partial charge on any atom is 0.283 e. The zero-order valence-electron chi connectivity index (χ0n) is 10.6. The molecule has 17 heavy (non-hydrogen) atoms. The molecule has 0 radical (unpaired) electrons. The van der Waals surface area contributed by atoms with Crippen molar-refractivity contribution in [3.8, 4) is 0 Å². The first-order valence-corrected chi connectivity index (χ1v) is 7.10. The molecule has 0 atom stereocenters. The molecule has 0 aliphatic heterocycles. The molecule has 6 heteroatoms. The predicted molar refractivity (Wildman–Crippen MR) is 66.7 cm³/mol. The highest BCUT2D eigenvalue weighted by molar-refractivity contribution is 7.98. The lowest BCUT2D eigenvalue weighted by molar-refractivity contribution is -0.155. The van der Waals surface area contributed by atoms with Crippen LogP contribution in [-0.4, -0.2) is 29.1 Å². The van der Waals surface area contributed by atoms with Crippen LogP contribution in [0.25, 0.3) is 0 Å². The lowest BCUT2D eigenvalue weighted by Gasteiger charge is -2.11. The summed E-state index contributed by atoms with van der Waals surface area (Å²) in [7, 11) is 0. The third-order valence-corrected chi connectivity index (χ3v) is 3.06. The van der Waals surface area contributed by atoms with Crippen LogP contribution in [0.3, 0.4) is 0 Å². The van der Waals surface area contributed by atoms with E-state index in [4.69, 9.17) is 14.0 Å². The summed E-state index contributed by atoms with van der Waals surface area (Å²) >= 11 is 1.79. The Morgan fingerprint density at radius 3 is 2.53 bits per heavy atom. The Kier molecular flexibility index (Phi) is 7.23. The third-order valence-electron chi connectivity index (χ3n) is 1.90. The largest absolute Gasteiger partial charge is 0.345 e. The first-order valence-electron chi connectivity index (χ1n) is 5.95. The van der Waals surface area contributed by atoms with Crippen molar-refractivity contribution in [2.75, 3.05) is 19.0 Å². The monoisotopic (exact) mass is 260 g/mol. The molecule has 0 unspecified atom stereocenters. The first kappa shape index (κ1) is 14.5. The Balaban J connectivity index is 2.51. The highest BCUT2D eigenvalue weighted by atomic mass is 32.2. The Labute approximate surface area is 106 Å². The van der Waals surface area contributed by atoms with Gasteiger partial charge >= 0.3 is 0 Å². The van der Waals surface area contributed by atoms with Gasteiger partial charge in [0.1, 0.15) is 0 Å². The van der Waals surface area contributed by atoms with E-state index in [1.807, 2.05) is 13.8 Å². The average molecular weight is 260 g/mol. The van der Waals surface area contributed by atoms with Crippen LogP contribution in [0, 0.1) is 0 Å². The van der Waals surface area contributed by atoms with E-state index in [0.717, 1.165) is 17.9 Å². The van der Waals surface area contributed by atoms with Gasteiger partial charge < -0.3 is 14.0 Å². The zero-order valence-corrected chi connectivity index (χ0v) is 11.5. The fourth-order valence-corrected chi connectivity index (χ4v) is 1.96. The van der Waals surface area contributed by atoms with E-state index < -0.39 is 6.29 Å². The van der Waals surface area contributed by atoms with Gasteiger partial charge in [-0.1, -0.05) is 12.1 Å². The predicted octanol–water partition coefficient (Wildman–Crippen LogP) is 2.78. The summed E-state index contributed by atoms with van der Waals surface area (Å²) < 4.78 is 15.9. The second-order valence-electron chi connectivity index (χ2n) is 3.34. The average Bonchev–Trinajstić information content (AvgIpc) is 2.78. The van der Waals surface area contributed by atoms with Crippen molar-refractivity contribution >= 4 is 11.8 Å². The second kappa shape index (κ2) is 8.49. The fourth-order valence-electron chi connectivity index (χ4n) is 1.22. The Bertz CT molecular complexity index is 301. The van der Waals surface area contributed by atoms with E-state index in [9.17, 15) is 0 Å². The van der Waals surface area contributed by atoms with Crippen LogP contribution in [0.4, 0.5) is 0 Å². The van der Waals surface area contributed by atoms with Gasteiger partial charge in [0.05, 0.1) is 5.75 Å². The summed E-state index contributed by atoms with van der Waals surface area (Å²) in [6, 6.07) is 0. The van der Waals surface area contributed by atoms with Gasteiger partial charge in [0, 0.05) is 13.2 Å². The first-order chi connectivity index (χ1) is 8.31. The topological polar surface area (TPSA) is 57.4 Å². The Morgan fingerprint density at radius 1 is 1.24 bits per heavy atom. The molecule has 1 aromatic heterocycles. The highest BCUT2D eigenvalue weighted by Crippen LogP contribution is 2.18. The van der Waals surface area contributed by atoms with Gasteiger partial charge in [0.2, 0.25) is 6.29 Å². The number of rotatable bonds is 9. The summed E-state index contributed by atoms with van der Waals surface area (Å²) in [5, 5.41) is 3.91. The van der Waals surface area contributed by atoms with Crippen molar-refractivity contribution in [3.63, 3.8) is 0 Å². The Morgan fingerprint density at radius 2 is 1.94 bits per heavy atom. The SMILES string of the molecule is CCCSCc1noc(C(OCC)OCC)n1. The molecule has 0 aliphatic carbocycles. The van der Waals surface area contributed by atoms with Gasteiger partial charge in [-0.15, -0.1) is 0 Å². The van der Waals surface area contributed by atoms with Gasteiger partial charge in [-0.25, -0.2) is 0 Å². The number of thioether (sulfide) groups is 1. The minimum Gasteiger partial charge on any atom is -0.345 e. The van der Waals surface area contributed by atoms with E-state index in [1.54, 1.807) is 11.8 Å². The van der Waals surface area contributed by atoms with Crippen molar-refractivity contribution in [3.05, 3.63) is 11.7 Å². The molecule has 0 amide bonds. The molecule has 0 N–H and O–H groups in total. The number of hydrogen-bond donors (Lipinski definition) is 0. The minimum absolute atomic E-state index is 0.404. The Hall–Kier alpha value is -0.590. The third kappa shape index (κ3) is 5.06. The molecule has 1 aromatic rings. The van der Waals surface area contributed by atoms with E-state index in [1.165, 1.54) is 0 Å².